The summed E-state index contributed by atoms with van der Waals surface area (Å²) in [6.07, 6.45) is 3.17. The molecule has 0 saturated carbocycles. The largest absolute Gasteiger partial charge is 0.493 e. The van der Waals surface area contributed by atoms with Crippen molar-refractivity contribution in [2.45, 2.75) is 0 Å². The van der Waals surface area contributed by atoms with Gasteiger partial charge in [0.2, 0.25) is 5.75 Å². The molecule has 0 radical (unpaired) electrons. The molecular weight excluding hydrogens is 416 g/mol. The lowest BCUT2D eigenvalue weighted by molar-refractivity contribution is 0.104. The van der Waals surface area contributed by atoms with Gasteiger partial charge in [-0.2, -0.15) is 0 Å². The van der Waals surface area contributed by atoms with Crippen molar-refractivity contribution in [2.24, 2.45) is 0 Å². The first kappa shape index (κ1) is 22.2. The maximum absolute atomic E-state index is 13.0. The van der Waals surface area contributed by atoms with Gasteiger partial charge in [-0.3, -0.25) is 4.79 Å². The van der Waals surface area contributed by atoms with Gasteiger partial charge in [0.1, 0.15) is 0 Å². The van der Waals surface area contributed by atoms with Gasteiger partial charge < -0.3 is 23.7 Å². The van der Waals surface area contributed by atoms with Crippen LogP contribution in [-0.4, -0.2) is 41.3 Å². The molecule has 0 aliphatic carbocycles. The van der Waals surface area contributed by atoms with E-state index in [0.29, 0.717) is 39.9 Å². The van der Waals surface area contributed by atoms with Crippen LogP contribution in [0.2, 0.25) is 0 Å². The molecule has 0 aliphatic rings. The topological polar surface area (TPSA) is 63.2 Å². The minimum atomic E-state index is -0.185. The fourth-order valence-corrected chi connectivity index (χ4v) is 3.98. The average molecular weight is 441 g/mol. The van der Waals surface area contributed by atoms with Gasteiger partial charge in [0.15, 0.2) is 28.8 Å². The molecule has 0 aliphatic heterocycles. The molecule has 0 spiro atoms. The molecule has 0 bridgehead atoms. The predicted molar refractivity (Wildman–Crippen MR) is 122 cm³/mol. The fourth-order valence-electron chi connectivity index (χ4n) is 3.24. The van der Waals surface area contributed by atoms with Crippen LogP contribution >= 0.6 is 11.3 Å². The number of benzene rings is 2. The van der Waals surface area contributed by atoms with Crippen molar-refractivity contribution in [2.75, 3.05) is 35.5 Å². The molecule has 0 unspecified atom stereocenters. The van der Waals surface area contributed by atoms with E-state index < -0.39 is 0 Å². The minimum Gasteiger partial charge on any atom is -0.493 e. The standard InChI is InChI=1S/C24H24O6S/c1-26-19-11-9-15(22(28-3)24(19)30-5)8-10-18(25)16-13-17(21-7-6-12-31-21)23(29-4)20(14-16)27-2/h6-14H,1-5H3. The summed E-state index contributed by atoms with van der Waals surface area (Å²) in [6.45, 7) is 0. The Morgan fingerprint density at radius 2 is 1.52 bits per heavy atom. The fraction of sp³-hybridized carbons (Fsp3) is 0.208. The third-order valence-corrected chi connectivity index (χ3v) is 5.60. The summed E-state index contributed by atoms with van der Waals surface area (Å²) in [5, 5.41) is 1.97. The number of rotatable bonds is 9. The van der Waals surface area contributed by atoms with Gasteiger partial charge in [0.25, 0.3) is 0 Å². The highest BCUT2D eigenvalue weighted by atomic mass is 32.1. The average Bonchev–Trinajstić information content (AvgIpc) is 3.35. The summed E-state index contributed by atoms with van der Waals surface area (Å²) in [6, 6.07) is 11.0. The molecule has 0 N–H and O–H groups in total. The van der Waals surface area contributed by atoms with E-state index in [0.717, 1.165) is 10.4 Å². The normalized spacial score (nSPS) is 10.7. The highest BCUT2D eigenvalue weighted by Crippen LogP contribution is 2.42. The summed E-state index contributed by atoms with van der Waals surface area (Å²) in [4.78, 5) is 14.0. The van der Waals surface area contributed by atoms with Crippen molar-refractivity contribution in [3.05, 3.63) is 59.0 Å². The smallest absolute Gasteiger partial charge is 0.203 e. The highest BCUT2D eigenvalue weighted by molar-refractivity contribution is 7.13. The molecule has 0 atom stereocenters. The van der Waals surface area contributed by atoms with Crippen LogP contribution in [0.5, 0.6) is 28.7 Å². The van der Waals surface area contributed by atoms with Crippen molar-refractivity contribution < 1.29 is 28.5 Å². The van der Waals surface area contributed by atoms with Crippen LogP contribution in [-0.2, 0) is 0 Å². The molecule has 0 amide bonds. The molecule has 7 heteroatoms. The molecule has 1 aromatic heterocycles. The Morgan fingerprint density at radius 1 is 0.806 bits per heavy atom. The van der Waals surface area contributed by atoms with E-state index in [1.807, 2.05) is 23.6 Å². The molecule has 31 heavy (non-hydrogen) atoms. The van der Waals surface area contributed by atoms with Gasteiger partial charge in [-0.25, -0.2) is 0 Å². The second-order valence-electron chi connectivity index (χ2n) is 6.36. The van der Waals surface area contributed by atoms with Crippen molar-refractivity contribution in [3.8, 4) is 39.2 Å². The summed E-state index contributed by atoms with van der Waals surface area (Å²) >= 11 is 1.56. The van der Waals surface area contributed by atoms with Crippen molar-refractivity contribution >= 4 is 23.2 Å². The Hall–Kier alpha value is -3.45. The van der Waals surface area contributed by atoms with Crippen molar-refractivity contribution in [3.63, 3.8) is 0 Å². The number of allylic oxidation sites excluding steroid dienone is 1. The zero-order valence-corrected chi connectivity index (χ0v) is 18.9. The van der Waals surface area contributed by atoms with E-state index in [-0.39, 0.29) is 5.78 Å². The van der Waals surface area contributed by atoms with Gasteiger partial charge in [-0.1, -0.05) is 6.07 Å². The number of methoxy groups -OCH3 is 5. The number of ketones is 1. The number of hydrogen-bond donors (Lipinski definition) is 0. The molecule has 162 valence electrons. The Labute approximate surface area is 185 Å². The van der Waals surface area contributed by atoms with Crippen molar-refractivity contribution in [1.29, 1.82) is 0 Å². The molecule has 1 heterocycles. The van der Waals surface area contributed by atoms with Gasteiger partial charge in [0.05, 0.1) is 35.5 Å². The molecule has 6 nitrogen and oxygen atoms in total. The molecule has 0 saturated heterocycles. The van der Waals surface area contributed by atoms with Crippen molar-refractivity contribution in [1.82, 2.24) is 0 Å². The molecule has 0 fully saturated rings. The number of carbonyl (C=O) groups excluding carboxylic acids is 1. The first-order chi connectivity index (χ1) is 15.1. The summed E-state index contributed by atoms with van der Waals surface area (Å²) < 4.78 is 27.2. The van der Waals surface area contributed by atoms with Crippen LogP contribution < -0.4 is 23.7 Å². The summed E-state index contributed by atoms with van der Waals surface area (Å²) in [7, 11) is 7.76. The monoisotopic (exact) mass is 440 g/mol. The Bertz CT molecular complexity index is 1090. The maximum atomic E-state index is 13.0. The maximum Gasteiger partial charge on any atom is 0.203 e. The minimum absolute atomic E-state index is 0.185. The van der Waals surface area contributed by atoms with E-state index in [9.17, 15) is 4.79 Å². The van der Waals surface area contributed by atoms with Gasteiger partial charge >= 0.3 is 0 Å². The second kappa shape index (κ2) is 10.0. The number of hydrogen-bond acceptors (Lipinski definition) is 7. The van der Waals surface area contributed by atoms with Crippen LogP contribution in [0.25, 0.3) is 16.5 Å². The zero-order chi connectivity index (χ0) is 22.4. The van der Waals surface area contributed by atoms with Crippen LogP contribution in [0.3, 0.4) is 0 Å². The van der Waals surface area contributed by atoms with Gasteiger partial charge in [-0.15, -0.1) is 11.3 Å². The van der Waals surface area contributed by atoms with Gasteiger partial charge in [0, 0.05) is 21.6 Å². The number of ether oxygens (including phenoxy) is 5. The summed E-state index contributed by atoms with van der Waals surface area (Å²) in [5.41, 5.74) is 1.97. The van der Waals surface area contributed by atoms with Crippen LogP contribution in [0.15, 0.2) is 47.9 Å². The van der Waals surface area contributed by atoms with E-state index in [1.165, 1.54) is 20.3 Å². The SMILES string of the molecule is COc1cc(C(=O)C=Cc2ccc(OC)c(OC)c2OC)cc(-c2cccs2)c1OC. The lowest BCUT2D eigenvalue weighted by atomic mass is 10.0. The molecule has 2 aromatic carbocycles. The third-order valence-electron chi connectivity index (χ3n) is 4.70. The van der Waals surface area contributed by atoms with Crippen LogP contribution in [0.1, 0.15) is 15.9 Å². The van der Waals surface area contributed by atoms with Crippen LogP contribution in [0, 0.1) is 0 Å². The zero-order valence-electron chi connectivity index (χ0n) is 18.1. The summed E-state index contributed by atoms with van der Waals surface area (Å²) in [5.74, 6) is 2.39. The van der Waals surface area contributed by atoms with E-state index >= 15 is 0 Å². The Morgan fingerprint density at radius 3 is 2.10 bits per heavy atom. The lowest BCUT2D eigenvalue weighted by Crippen LogP contribution is -2.00. The van der Waals surface area contributed by atoms with Gasteiger partial charge in [-0.05, 0) is 47.9 Å². The molecular formula is C24H24O6S. The first-order valence-corrected chi connectivity index (χ1v) is 10.3. The number of carbonyl (C=O) groups is 1. The van der Waals surface area contributed by atoms with Crippen LogP contribution in [0.4, 0.5) is 0 Å². The lowest BCUT2D eigenvalue weighted by Gasteiger charge is -2.14. The Kier molecular flexibility index (Phi) is 7.20. The molecule has 3 rings (SSSR count). The van der Waals surface area contributed by atoms with E-state index in [4.69, 9.17) is 23.7 Å². The predicted octanol–water partition coefficient (Wildman–Crippen LogP) is 5.35. The number of thiophene rings is 1. The third kappa shape index (κ3) is 4.51. The quantitative estimate of drug-likeness (QED) is 0.330. The highest BCUT2D eigenvalue weighted by Gasteiger charge is 2.18. The second-order valence-corrected chi connectivity index (χ2v) is 7.31. The Balaban J connectivity index is 2.01. The van der Waals surface area contributed by atoms with E-state index in [2.05, 4.69) is 0 Å². The van der Waals surface area contributed by atoms with E-state index in [1.54, 1.807) is 56.9 Å². The first-order valence-electron chi connectivity index (χ1n) is 9.39. The molecule has 3 aromatic rings.